The summed E-state index contributed by atoms with van der Waals surface area (Å²) in [5, 5.41) is 4.87. The van der Waals surface area contributed by atoms with E-state index in [-0.39, 0.29) is 11.7 Å². The minimum Gasteiger partial charge on any atom is -0.497 e. The van der Waals surface area contributed by atoms with Crippen LogP contribution >= 0.6 is 11.8 Å². The highest BCUT2D eigenvalue weighted by atomic mass is 32.2. The monoisotopic (exact) mass is 332 g/mol. The van der Waals surface area contributed by atoms with Gasteiger partial charge in [-0.15, -0.1) is 0 Å². The third kappa shape index (κ3) is 5.30. The fourth-order valence-electron chi connectivity index (χ4n) is 1.74. The van der Waals surface area contributed by atoms with Crippen LogP contribution < -0.4 is 19.9 Å². The Morgan fingerprint density at radius 2 is 2.17 bits per heavy atom. The van der Waals surface area contributed by atoms with Crippen molar-refractivity contribution in [2.24, 2.45) is 5.10 Å². The van der Waals surface area contributed by atoms with Gasteiger partial charge in [-0.2, -0.15) is 5.10 Å². The molecule has 0 spiro atoms. The number of benzene rings is 1. The number of pyridine rings is 1. The number of hydrogen-bond acceptors (Lipinski definition) is 5. The Kier molecular flexibility index (Phi) is 6.43. The summed E-state index contributed by atoms with van der Waals surface area (Å²) in [7, 11) is 3.16. The smallest absolute Gasteiger partial charge is 0.250 e. The summed E-state index contributed by atoms with van der Waals surface area (Å²) in [5.41, 5.74) is 3.24. The topological polar surface area (TPSA) is 74.1 Å². The Labute approximate surface area is 138 Å². The molecule has 2 rings (SSSR count). The molecule has 7 heteroatoms. The number of ether oxygens (including phenoxy) is 2. The average Bonchev–Trinajstić information content (AvgIpc) is 2.61. The molecular formula is C16H18N3O3S+. The first-order valence-electron chi connectivity index (χ1n) is 6.86. The molecule has 6 nitrogen and oxygen atoms in total. The summed E-state index contributed by atoms with van der Waals surface area (Å²) in [6.45, 7) is 0. The van der Waals surface area contributed by atoms with E-state index in [1.54, 1.807) is 32.4 Å². The van der Waals surface area contributed by atoms with Crippen molar-refractivity contribution in [2.45, 2.75) is 5.03 Å². The molecule has 120 valence electrons. The van der Waals surface area contributed by atoms with Gasteiger partial charge in [-0.25, -0.2) is 10.4 Å². The zero-order valence-electron chi connectivity index (χ0n) is 12.9. The zero-order chi connectivity index (χ0) is 16.5. The fourth-order valence-corrected chi connectivity index (χ4v) is 2.42. The summed E-state index contributed by atoms with van der Waals surface area (Å²) in [6, 6.07) is 11.1. The number of hydrogen-bond donors (Lipinski definition) is 1. The lowest BCUT2D eigenvalue weighted by atomic mass is 10.2. The van der Waals surface area contributed by atoms with Crippen LogP contribution in [0, 0.1) is 0 Å². The van der Waals surface area contributed by atoms with Crippen LogP contribution in [-0.2, 0) is 4.79 Å². The molecule has 0 aliphatic rings. The minimum atomic E-state index is -0.184. The number of nitrogens with zero attached hydrogens (tertiary/aromatic N) is 1. The van der Waals surface area contributed by atoms with Crippen molar-refractivity contribution in [1.82, 2.24) is 5.43 Å². The number of hydrazone groups is 1. The summed E-state index contributed by atoms with van der Waals surface area (Å²) in [6.07, 6.45) is 3.35. The van der Waals surface area contributed by atoms with E-state index in [0.717, 1.165) is 10.6 Å². The van der Waals surface area contributed by atoms with Crippen molar-refractivity contribution in [3.8, 4) is 11.5 Å². The van der Waals surface area contributed by atoms with Crippen LogP contribution in [0.2, 0.25) is 0 Å². The van der Waals surface area contributed by atoms with Gasteiger partial charge in [0.2, 0.25) is 5.03 Å². The highest BCUT2D eigenvalue weighted by Crippen LogP contribution is 2.22. The van der Waals surface area contributed by atoms with Gasteiger partial charge >= 0.3 is 0 Å². The van der Waals surface area contributed by atoms with Crippen LogP contribution in [0.15, 0.2) is 52.7 Å². The van der Waals surface area contributed by atoms with Gasteiger partial charge in [-0.1, -0.05) is 0 Å². The van der Waals surface area contributed by atoms with Gasteiger partial charge in [0.15, 0.2) is 6.20 Å². The Morgan fingerprint density at radius 3 is 2.87 bits per heavy atom. The molecule has 2 aromatic rings. The molecule has 0 radical (unpaired) electrons. The van der Waals surface area contributed by atoms with Crippen LogP contribution in [0.25, 0.3) is 0 Å². The van der Waals surface area contributed by atoms with Gasteiger partial charge in [0.25, 0.3) is 5.91 Å². The molecule has 0 bridgehead atoms. The Bertz CT molecular complexity index is 678. The van der Waals surface area contributed by atoms with Crippen LogP contribution in [0.1, 0.15) is 5.56 Å². The maximum absolute atomic E-state index is 11.8. The van der Waals surface area contributed by atoms with E-state index in [4.69, 9.17) is 9.47 Å². The minimum absolute atomic E-state index is 0.184. The number of carbonyl (C=O) groups is 1. The Hall–Kier alpha value is -2.54. The Balaban J connectivity index is 1.87. The highest BCUT2D eigenvalue weighted by Gasteiger charge is 2.06. The number of thioether (sulfide) groups is 1. The summed E-state index contributed by atoms with van der Waals surface area (Å²) in [4.78, 5) is 14.8. The van der Waals surface area contributed by atoms with E-state index in [0.29, 0.717) is 11.5 Å². The molecule has 1 amide bonds. The first-order valence-corrected chi connectivity index (χ1v) is 7.85. The van der Waals surface area contributed by atoms with Crippen LogP contribution in [0.4, 0.5) is 0 Å². The van der Waals surface area contributed by atoms with Gasteiger partial charge in [0.05, 0.1) is 26.2 Å². The van der Waals surface area contributed by atoms with E-state index in [2.05, 4.69) is 15.5 Å². The van der Waals surface area contributed by atoms with Crippen molar-refractivity contribution in [1.29, 1.82) is 0 Å². The lowest BCUT2D eigenvalue weighted by Gasteiger charge is -2.06. The van der Waals surface area contributed by atoms with Crippen LogP contribution in [0.5, 0.6) is 11.5 Å². The summed E-state index contributed by atoms with van der Waals surface area (Å²) >= 11 is 1.40. The molecule has 0 unspecified atom stereocenters. The quantitative estimate of drug-likeness (QED) is 0.476. The molecule has 23 heavy (non-hydrogen) atoms. The van der Waals surface area contributed by atoms with E-state index in [1.165, 1.54) is 18.0 Å². The number of aromatic amines is 1. The van der Waals surface area contributed by atoms with Gasteiger partial charge < -0.3 is 9.47 Å². The molecule has 2 N–H and O–H groups in total. The van der Waals surface area contributed by atoms with Crippen molar-refractivity contribution >= 4 is 23.9 Å². The van der Waals surface area contributed by atoms with Crippen molar-refractivity contribution in [3.63, 3.8) is 0 Å². The highest BCUT2D eigenvalue weighted by molar-refractivity contribution is 7.99. The maximum atomic E-state index is 11.8. The standard InChI is InChI=1S/C16H17N3O3S/c1-21-13-7-6-12(14(9-13)22-2)10-18-19-15(20)11-23-16-5-3-4-8-17-16/h3-10H,11H2,1-2H3,(H,19,20)/p+1. The van der Waals surface area contributed by atoms with Crippen LogP contribution in [0.3, 0.4) is 0 Å². The predicted octanol–water partition coefficient (Wildman–Crippen LogP) is 1.76. The number of nitrogens with one attached hydrogen (secondary N) is 2. The number of aromatic nitrogens is 1. The van der Waals surface area contributed by atoms with Crippen LogP contribution in [-0.4, -0.2) is 32.1 Å². The average molecular weight is 332 g/mol. The molecule has 0 saturated carbocycles. The van der Waals surface area contributed by atoms with E-state index in [1.807, 2.05) is 24.4 Å². The second-order valence-corrected chi connectivity index (χ2v) is 5.43. The predicted molar refractivity (Wildman–Crippen MR) is 89.0 cm³/mol. The molecule has 1 aromatic heterocycles. The molecular weight excluding hydrogens is 314 g/mol. The maximum Gasteiger partial charge on any atom is 0.250 e. The molecule has 0 aliphatic carbocycles. The summed E-state index contributed by atoms with van der Waals surface area (Å²) < 4.78 is 10.4. The van der Waals surface area contributed by atoms with E-state index < -0.39 is 0 Å². The lowest BCUT2D eigenvalue weighted by Crippen LogP contribution is -2.20. The molecule has 0 atom stereocenters. The Morgan fingerprint density at radius 1 is 1.30 bits per heavy atom. The fraction of sp³-hybridized carbons (Fsp3) is 0.188. The second kappa shape index (κ2) is 8.79. The first kappa shape index (κ1) is 16.8. The summed E-state index contributed by atoms with van der Waals surface area (Å²) in [5.74, 6) is 1.41. The number of amides is 1. The molecule has 0 fully saturated rings. The van der Waals surface area contributed by atoms with Gasteiger partial charge in [-0.3, -0.25) is 4.79 Å². The number of carbonyl (C=O) groups excluding carboxylic acids is 1. The number of rotatable bonds is 7. The van der Waals surface area contributed by atoms with Gasteiger partial charge in [-0.05, 0) is 30.0 Å². The zero-order valence-corrected chi connectivity index (χ0v) is 13.7. The largest absolute Gasteiger partial charge is 0.497 e. The lowest BCUT2D eigenvalue weighted by molar-refractivity contribution is -0.426. The SMILES string of the molecule is COc1ccc(C=NNC(=O)CSc2cccc[nH+]2)c(OC)c1. The van der Waals surface area contributed by atoms with E-state index >= 15 is 0 Å². The number of H-pyrrole nitrogens is 1. The van der Waals surface area contributed by atoms with Gasteiger partial charge in [0.1, 0.15) is 11.5 Å². The molecule has 0 saturated heterocycles. The van der Waals surface area contributed by atoms with Crippen molar-refractivity contribution < 1.29 is 19.3 Å². The number of methoxy groups -OCH3 is 2. The third-order valence-electron chi connectivity index (χ3n) is 2.87. The third-order valence-corrected chi connectivity index (χ3v) is 3.84. The molecule has 1 heterocycles. The van der Waals surface area contributed by atoms with Crippen molar-refractivity contribution in [3.05, 3.63) is 48.2 Å². The molecule has 1 aromatic carbocycles. The first-order chi connectivity index (χ1) is 11.2. The normalized spacial score (nSPS) is 10.5. The van der Waals surface area contributed by atoms with Crippen molar-refractivity contribution in [2.75, 3.05) is 20.0 Å². The van der Waals surface area contributed by atoms with Gasteiger partial charge in [0, 0.05) is 23.8 Å². The van der Waals surface area contributed by atoms with E-state index in [9.17, 15) is 4.79 Å². The molecule has 0 aliphatic heterocycles. The second-order valence-electron chi connectivity index (χ2n) is 4.42.